The SMILES string of the molecule is COc1cccc(OCCNC(=O)Nc2cc(Cl)ccc2Cl)c1OC. The fourth-order valence-corrected chi connectivity index (χ4v) is 2.39. The summed E-state index contributed by atoms with van der Waals surface area (Å²) in [5, 5.41) is 6.17. The molecule has 0 spiro atoms. The van der Waals surface area contributed by atoms with Crippen LogP contribution in [-0.4, -0.2) is 33.4 Å². The van der Waals surface area contributed by atoms with Crippen molar-refractivity contribution in [2.75, 3.05) is 32.7 Å². The van der Waals surface area contributed by atoms with Crippen LogP contribution in [0.15, 0.2) is 36.4 Å². The highest BCUT2D eigenvalue weighted by atomic mass is 35.5. The van der Waals surface area contributed by atoms with Gasteiger partial charge in [0.15, 0.2) is 11.5 Å². The number of amides is 2. The molecule has 0 atom stereocenters. The lowest BCUT2D eigenvalue weighted by Crippen LogP contribution is -2.32. The number of methoxy groups -OCH3 is 2. The number of hydrogen-bond acceptors (Lipinski definition) is 4. The minimum Gasteiger partial charge on any atom is -0.493 e. The van der Waals surface area contributed by atoms with Crippen LogP contribution in [0.1, 0.15) is 0 Å². The zero-order valence-corrected chi connectivity index (χ0v) is 15.3. The molecule has 134 valence electrons. The number of para-hydroxylation sites is 1. The van der Waals surface area contributed by atoms with Gasteiger partial charge in [-0.1, -0.05) is 29.3 Å². The van der Waals surface area contributed by atoms with Gasteiger partial charge in [0.05, 0.1) is 31.5 Å². The monoisotopic (exact) mass is 384 g/mol. The second-order valence-electron chi connectivity index (χ2n) is 4.85. The number of rotatable bonds is 7. The zero-order valence-electron chi connectivity index (χ0n) is 13.8. The standard InChI is InChI=1S/C17H18Cl2N2O4/c1-23-14-4-3-5-15(16(14)24-2)25-9-8-20-17(22)21-13-10-11(18)6-7-12(13)19/h3-7,10H,8-9H2,1-2H3,(H2,20,21,22). The zero-order chi connectivity index (χ0) is 18.2. The van der Waals surface area contributed by atoms with Crippen LogP contribution >= 0.6 is 23.2 Å². The number of hydrogen-bond donors (Lipinski definition) is 2. The van der Waals surface area contributed by atoms with Crippen molar-refractivity contribution in [3.63, 3.8) is 0 Å². The molecule has 2 rings (SSSR count). The van der Waals surface area contributed by atoms with Gasteiger partial charge in [-0.15, -0.1) is 0 Å². The van der Waals surface area contributed by atoms with E-state index in [4.69, 9.17) is 37.4 Å². The van der Waals surface area contributed by atoms with E-state index in [1.165, 1.54) is 7.11 Å². The summed E-state index contributed by atoms with van der Waals surface area (Å²) < 4.78 is 16.1. The van der Waals surface area contributed by atoms with E-state index in [1.54, 1.807) is 43.5 Å². The van der Waals surface area contributed by atoms with Crippen LogP contribution in [0.5, 0.6) is 17.2 Å². The Labute approximate surface area is 156 Å². The summed E-state index contributed by atoms with van der Waals surface area (Å²) in [5.41, 5.74) is 0.432. The molecule has 2 amide bonds. The first-order chi connectivity index (χ1) is 12.0. The number of benzene rings is 2. The second-order valence-corrected chi connectivity index (χ2v) is 5.69. The third-order valence-electron chi connectivity index (χ3n) is 3.19. The molecule has 0 aliphatic heterocycles. The maximum atomic E-state index is 11.9. The first kappa shape index (κ1) is 19.0. The van der Waals surface area contributed by atoms with E-state index in [9.17, 15) is 4.79 Å². The first-order valence-corrected chi connectivity index (χ1v) is 8.14. The molecule has 2 N–H and O–H groups in total. The Bertz CT molecular complexity index is 741. The highest BCUT2D eigenvalue weighted by molar-refractivity contribution is 6.35. The van der Waals surface area contributed by atoms with Gasteiger partial charge >= 0.3 is 6.03 Å². The van der Waals surface area contributed by atoms with Crippen LogP contribution < -0.4 is 24.8 Å². The molecule has 0 aliphatic rings. The van der Waals surface area contributed by atoms with Gasteiger partial charge < -0.3 is 24.8 Å². The lowest BCUT2D eigenvalue weighted by atomic mass is 10.3. The Morgan fingerprint density at radius 3 is 2.56 bits per heavy atom. The smallest absolute Gasteiger partial charge is 0.319 e. The molecule has 0 unspecified atom stereocenters. The fraction of sp³-hybridized carbons (Fsp3) is 0.235. The largest absolute Gasteiger partial charge is 0.493 e. The molecule has 0 aliphatic carbocycles. The Balaban J connectivity index is 1.83. The highest BCUT2D eigenvalue weighted by Gasteiger charge is 2.11. The third kappa shape index (κ3) is 5.34. The Morgan fingerprint density at radius 2 is 1.84 bits per heavy atom. The third-order valence-corrected chi connectivity index (χ3v) is 3.75. The minimum atomic E-state index is -0.412. The van der Waals surface area contributed by atoms with Crippen LogP contribution in [0.3, 0.4) is 0 Å². The van der Waals surface area contributed by atoms with Crippen LogP contribution in [0.2, 0.25) is 10.0 Å². The summed E-state index contributed by atoms with van der Waals surface area (Å²) in [7, 11) is 3.08. The average molecular weight is 385 g/mol. The van der Waals surface area contributed by atoms with E-state index < -0.39 is 6.03 Å². The summed E-state index contributed by atoms with van der Waals surface area (Å²) in [6.07, 6.45) is 0. The second kappa shape index (κ2) is 9.25. The molecule has 2 aromatic carbocycles. The number of ether oxygens (including phenoxy) is 3. The van der Waals surface area contributed by atoms with Crippen LogP contribution in [0, 0.1) is 0 Å². The Kier molecular flexibility index (Phi) is 7.03. The lowest BCUT2D eigenvalue weighted by Gasteiger charge is -2.14. The van der Waals surface area contributed by atoms with Gasteiger partial charge in [-0.3, -0.25) is 0 Å². The van der Waals surface area contributed by atoms with Gasteiger partial charge in [0.2, 0.25) is 5.75 Å². The number of nitrogens with one attached hydrogen (secondary N) is 2. The summed E-state index contributed by atoms with van der Waals surface area (Å²) in [4.78, 5) is 11.9. The maximum absolute atomic E-state index is 11.9. The molecule has 6 nitrogen and oxygen atoms in total. The van der Waals surface area contributed by atoms with E-state index in [2.05, 4.69) is 10.6 Å². The van der Waals surface area contributed by atoms with E-state index in [1.807, 2.05) is 0 Å². The van der Waals surface area contributed by atoms with Crippen molar-refractivity contribution in [1.82, 2.24) is 5.32 Å². The topological polar surface area (TPSA) is 68.8 Å². The van der Waals surface area contributed by atoms with Crippen molar-refractivity contribution in [3.05, 3.63) is 46.4 Å². The fourth-order valence-electron chi connectivity index (χ4n) is 2.06. The highest BCUT2D eigenvalue weighted by Crippen LogP contribution is 2.36. The number of anilines is 1. The summed E-state index contributed by atoms with van der Waals surface area (Å²) in [5.74, 6) is 1.60. The molecule has 8 heteroatoms. The van der Waals surface area contributed by atoms with Gasteiger partial charge in [0, 0.05) is 5.02 Å². The summed E-state index contributed by atoms with van der Waals surface area (Å²) in [6, 6.07) is 9.73. The first-order valence-electron chi connectivity index (χ1n) is 7.39. The van der Waals surface area contributed by atoms with E-state index in [0.29, 0.717) is 33.0 Å². The summed E-state index contributed by atoms with van der Waals surface area (Å²) >= 11 is 11.9. The lowest BCUT2D eigenvalue weighted by molar-refractivity contribution is 0.245. The van der Waals surface area contributed by atoms with Crippen molar-refractivity contribution in [1.29, 1.82) is 0 Å². The molecule has 0 fully saturated rings. The molecule has 0 bridgehead atoms. The van der Waals surface area contributed by atoms with Crippen molar-refractivity contribution in [2.45, 2.75) is 0 Å². The van der Waals surface area contributed by atoms with E-state index in [-0.39, 0.29) is 13.2 Å². The number of urea groups is 1. The molecule has 25 heavy (non-hydrogen) atoms. The molecule has 0 radical (unpaired) electrons. The average Bonchev–Trinajstić information content (AvgIpc) is 2.61. The van der Waals surface area contributed by atoms with Crippen molar-refractivity contribution >= 4 is 34.9 Å². The molecule has 2 aromatic rings. The molecule has 0 saturated heterocycles. The van der Waals surface area contributed by atoms with Crippen molar-refractivity contribution in [3.8, 4) is 17.2 Å². The van der Waals surface area contributed by atoms with Gasteiger partial charge in [-0.2, -0.15) is 0 Å². The van der Waals surface area contributed by atoms with Gasteiger partial charge in [0.1, 0.15) is 6.61 Å². The van der Waals surface area contributed by atoms with Crippen LogP contribution in [0.25, 0.3) is 0 Å². The quantitative estimate of drug-likeness (QED) is 0.701. The molecular formula is C17H18Cl2N2O4. The Morgan fingerprint density at radius 1 is 1.08 bits per heavy atom. The van der Waals surface area contributed by atoms with Crippen LogP contribution in [0.4, 0.5) is 10.5 Å². The van der Waals surface area contributed by atoms with Crippen molar-refractivity contribution < 1.29 is 19.0 Å². The van der Waals surface area contributed by atoms with E-state index >= 15 is 0 Å². The molecular weight excluding hydrogens is 367 g/mol. The van der Waals surface area contributed by atoms with Gasteiger partial charge in [0.25, 0.3) is 0 Å². The van der Waals surface area contributed by atoms with Gasteiger partial charge in [-0.05, 0) is 30.3 Å². The maximum Gasteiger partial charge on any atom is 0.319 e. The number of halogens is 2. The van der Waals surface area contributed by atoms with Crippen LogP contribution in [-0.2, 0) is 0 Å². The molecule has 0 heterocycles. The number of carbonyl (C=O) groups is 1. The normalized spacial score (nSPS) is 10.1. The molecule has 0 saturated carbocycles. The van der Waals surface area contributed by atoms with Crippen molar-refractivity contribution in [2.24, 2.45) is 0 Å². The minimum absolute atomic E-state index is 0.250. The Hall–Kier alpha value is -2.31. The molecule has 0 aromatic heterocycles. The summed E-state index contributed by atoms with van der Waals surface area (Å²) in [6.45, 7) is 0.532. The van der Waals surface area contributed by atoms with E-state index in [0.717, 1.165) is 0 Å². The number of carbonyl (C=O) groups excluding carboxylic acids is 1. The predicted octanol–water partition coefficient (Wildman–Crippen LogP) is 4.21. The van der Waals surface area contributed by atoms with Gasteiger partial charge in [-0.25, -0.2) is 4.79 Å². The predicted molar refractivity (Wildman–Crippen MR) is 98.5 cm³/mol.